The van der Waals surface area contributed by atoms with Crippen LogP contribution in [0.4, 0.5) is 5.69 Å². The van der Waals surface area contributed by atoms with E-state index in [-0.39, 0.29) is 18.1 Å². The van der Waals surface area contributed by atoms with Gasteiger partial charge in [0, 0.05) is 29.4 Å². The number of carbonyl (C=O) groups excluding carboxylic acids is 2. The third kappa shape index (κ3) is 4.67. The summed E-state index contributed by atoms with van der Waals surface area (Å²) >= 11 is 0.953. The number of anilines is 1. The van der Waals surface area contributed by atoms with Crippen LogP contribution >= 0.6 is 0 Å². The number of hydrogen-bond donors (Lipinski definition) is 1. The van der Waals surface area contributed by atoms with Crippen molar-refractivity contribution in [3.8, 4) is 0 Å². The number of carbonyl (C=O) groups is 2. The molecule has 1 N–H and O–H groups in total. The Bertz CT molecular complexity index is 1050. The Morgan fingerprint density at radius 1 is 1.00 bits per heavy atom. The van der Waals surface area contributed by atoms with Crippen LogP contribution < -0.4 is 5.32 Å². The number of nitrogens with zero attached hydrogens (tertiary/aromatic N) is 2. The van der Waals surface area contributed by atoms with Crippen LogP contribution in [0.3, 0.4) is 0 Å². The number of nitrogens with one attached hydrogen (secondary N) is 1. The minimum absolute atomic E-state index is 0.0790. The predicted octanol–water partition coefficient (Wildman–Crippen LogP) is 3.61. The summed E-state index contributed by atoms with van der Waals surface area (Å²) in [6.07, 6.45) is 3.65. The van der Waals surface area contributed by atoms with Gasteiger partial charge in [-0.05, 0) is 18.3 Å². The Kier molecular flexibility index (Phi) is 5.63. The van der Waals surface area contributed by atoms with E-state index < -0.39 is 0 Å². The molecule has 0 spiro atoms. The Labute approximate surface area is 173 Å². The van der Waals surface area contributed by atoms with Crippen LogP contribution in [0.25, 0.3) is 0 Å². The van der Waals surface area contributed by atoms with E-state index in [4.69, 9.17) is 0 Å². The Morgan fingerprint density at radius 2 is 1.83 bits per heavy atom. The smallest absolute Gasteiger partial charge is 0.218 e. The van der Waals surface area contributed by atoms with Gasteiger partial charge in [-0.3, -0.25) is 9.59 Å². The lowest BCUT2D eigenvalue weighted by Gasteiger charge is -2.10. The minimum Gasteiger partial charge on any atom is -0.337 e. The quantitative estimate of drug-likeness (QED) is 0.297. The molecule has 0 fully saturated rings. The van der Waals surface area contributed by atoms with Gasteiger partial charge in [0.05, 0.1) is 0 Å². The lowest BCUT2D eigenvalue weighted by molar-refractivity contribution is -0.115. The SMILES string of the molecule is O=C(CC1=N[C-](c2cccnc2)[SH+][CH-]1)Nc1cccc(C(=O)c2ccccc2)c1. The van der Waals surface area contributed by atoms with Gasteiger partial charge in [0.2, 0.25) is 5.91 Å². The molecule has 0 aliphatic carbocycles. The highest BCUT2D eigenvalue weighted by Crippen LogP contribution is 2.25. The van der Waals surface area contributed by atoms with Crippen molar-refractivity contribution in [3.63, 3.8) is 0 Å². The molecule has 4 rings (SSSR count). The zero-order valence-electron chi connectivity index (χ0n) is 15.4. The average Bonchev–Trinajstić information content (AvgIpc) is 3.23. The van der Waals surface area contributed by atoms with Crippen LogP contribution in [0, 0.1) is 11.1 Å². The average molecular weight is 400 g/mol. The first-order valence-corrected chi connectivity index (χ1v) is 10.0. The summed E-state index contributed by atoms with van der Waals surface area (Å²) < 4.78 is 0. The number of hydrogen-bond acceptors (Lipinski definition) is 4. The molecule has 1 aliphatic heterocycles. The molecule has 0 unspecified atom stereocenters. The standard InChI is InChI=1S/C23H18N3O2S/c27-21(13-20-15-29-23(26-20)18-9-5-11-24-14-18)25-19-10-4-8-17(12-19)22(28)16-6-2-1-3-7-16/h1-12,14-15,29H,13H2,(H,25,27)/q-1. The van der Waals surface area contributed by atoms with Gasteiger partial charge in [0.15, 0.2) is 5.78 Å². The molecule has 0 saturated heterocycles. The summed E-state index contributed by atoms with van der Waals surface area (Å²) in [4.78, 5) is 33.7. The second-order valence-electron chi connectivity index (χ2n) is 6.43. The fourth-order valence-corrected chi connectivity index (χ4v) is 3.80. The number of aromatic nitrogens is 1. The van der Waals surface area contributed by atoms with Gasteiger partial charge in [-0.1, -0.05) is 54.1 Å². The molecule has 1 aromatic heterocycles. The summed E-state index contributed by atoms with van der Waals surface area (Å²) in [6, 6.07) is 19.9. The summed E-state index contributed by atoms with van der Waals surface area (Å²) in [5.41, 5.74) is 3.41. The number of benzene rings is 2. The predicted molar refractivity (Wildman–Crippen MR) is 117 cm³/mol. The van der Waals surface area contributed by atoms with Crippen molar-refractivity contribution >= 4 is 34.9 Å². The van der Waals surface area contributed by atoms with E-state index in [2.05, 4.69) is 15.3 Å². The normalized spacial score (nSPS) is 12.8. The number of ketones is 1. The molecule has 29 heavy (non-hydrogen) atoms. The molecule has 144 valence electrons. The largest absolute Gasteiger partial charge is 0.337 e. The summed E-state index contributed by atoms with van der Waals surface area (Å²) in [5.74, 6) is 1.67. The topological polar surface area (TPSA) is 71.4 Å². The van der Waals surface area contributed by atoms with Gasteiger partial charge in [0.25, 0.3) is 0 Å². The van der Waals surface area contributed by atoms with E-state index in [1.807, 2.05) is 36.1 Å². The van der Waals surface area contributed by atoms with E-state index in [1.165, 1.54) is 0 Å². The number of pyridine rings is 1. The van der Waals surface area contributed by atoms with Crippen molar-refractivity contribution in [1.29, 1.82) is 0 Å². The first-order valence-electron chi connectivity index (χ1n) is 9.08. The zero-order valence-corrected chi connectivity index (χ0v) is 16.3. The highest BCUT2D eigenvalue weighted by atomic mass is 32.2. The van der Waals surface area contributed by atoms with Crippen molar-refractivity contribution in [2.45, 2.75) is 6.42 Å². The van der Waals surface area contributed by atoms with Crippen molar-refractivity contribution < 1.29 is 9.59 Å². The van der Waals surface area contributed by atoms with Crippen LogP contribution in [0.5, 0.6) is 0 Å². The van der Waals surface area contributed by atoms with Gasteiger partial charge in [-0.15, -0.1) is 11.8 Å². The second kappa shape index (κ2) is 8.67. The summed E-state index contributed by atoms with van der Waals surface area (Å²) in [7, 11) is 0. The molecule has 2 heterocycles. The van der Waals surface area contributed by atoms with Crippen LogP contribution in [0.15, 0.2) is 84.1 Å². The number of aliphatic imine (C=N–C) groups is 1. The highest BCUT2D eigenvalue weighted by Gasteiger charge is 2.15. The fourth-order valence-electron chi connectivity index (χ4n) is 2.91. The fraction of sp³-hybridized carbons (Fsp3) is 0.0435. The van der Waals surface area contributed by atoms with E-state index >= 15 is 0 Å². The van der Waals surface area contributed by atoms with Crippen molar-refractivity contribution in [2.24, 2.45) is 4.99 Å². The highest BCUT2D eigenvalue weighted by molar-refractivity contribution is 7.85. The Balaban J connectivity index is 1.40. The summed E-state index contributed by atoms with van der Waals surface area (Å²) in [5, 5.41) is 3.74. The maximum Gasteiger partial charge on any atom is 0.218 e. The molecular weight excluding hydrogens is 382 g/mol. The number of thiol groups is 1. The van der Waals surface area contributed by atoms with E-state index in [0.29, 0.717) is 16.8 Å². The molecule has 3 aromatic rings. The molecule has 1 aliphatic rings. The Morgan fingerprint density at radius 3 is 2.62 bits per heavy atom. The van der Waals surface area contributed by atoms with E-state index in [0.717, 1.165) is 28.4 Å². The molecular formula is C23H18N3O2S-. The van der Waals surface area contributed by atoms with Gasteiger partial charge >= 0.3 is 0 Å². The number of amides is 1. The third-order valence-corrected chi connectivity index (χ3v) is 5.32. The van der Waals surface area contributed by atoms with Crippen LogP contribution in [0.1, 0.15) is 27.9 Å². The third-order valence-electron chi connectivity index (χ3n) is 4.29. The molecule has 0 bridgehead atoms. The second-order valence-corrected chi connectivity index (χ2v) is 7.37. The minimum atomic E-state index is -0.174. The van der Waals surface area contributed by atoms with Crippen molar-refractivity contribution in [1.82, 2.24) is 4.98 Å². The van der Waals surface area contributed by atoms with E-state index in [9.17, 15) is 9.59 Å². The van der Waals surface area contributed by atoms with Gasteiger partial charge in [0.1, 0.15) is 5.37 Å². The molecule has 6 heteroatoms. The lowest BCUT2D eigenvalue weighted by Crippen LogP contribution is -2.16. The van der Waals surface area contributed by atoms with Crippen LogP contribution in [-0.4, -0.2) is 22.4 Å². The first-order chi connectivity index (χ1) is 14.2. The molecule has 1 amide bonds. The maximum absolute atomic E-state index is 12.6. The lowest BCUT2D eigenvalue weighted by atomic mass is 10.0. The number of rotatable bonds is 6. The van der Waals surface area contributed by atoms with Gasteiger partial charge < -0.3 is 15.3 Å². The Hall–Kier alpha value is -3.51. The molecule has 0 atom stereocenters. The van der Waals surface area contributed by atoms with Gasteiger partial charge in [-0.2, -0.15) is 17.5 Å². The van der Waals surface area contributed by atoms with Gasteiger partial charge in [-0.25, -0.2) is 0 Å². The first kappa shape index (κ1) is 18.8. The monoisotopic (exact) mass is 400 g/mol. The van der Waals surface area contributed by atoms with E-state index in [1.54, 1.807) is 48.8 Å². The molecule has 0 radical (unpaired) electrons. The summed E-state index contributed by atoms with van der Waals surface area (Å²) in [6.45, 7) is 0. The molecule has 5 nitrogen and oxygen atoms in total. The van der Waals surface area contributed by atoms with Crippen LogP contribution in [0.2, 0.25) is 0 Å². The van der Waals surface area contributed by atoms with Crippen molar-refractivity contribution in [2.75, 3.05) is 5.32 Å². The zero-order chi connectivity index (χ0) is 20.1. The molecule has 2 aromatic carbocycles. The molecule has 0 saturated carbocycles. The maximum atomic E-state index is 12.6. The van der Waals surface area contributed by atoms with Crippen molar-refractivity contribution in [3.05, 3.63) is 107 Å². The van der Waals surface area contributed by atoms with Crippen LogP contribution in [-0.2, 0) is 16.6 Å².